The van der Waals surface area contributed by atoms with Gasteiger partial charge in [-0.3, -0.25) is 9.69 Å². The van der Waals surface area contributed by atoms with Crippen molar-refractivity contribution in [3.05, 3.63) is 65.3 Å². The van der Waals surface area contributed by atoms with E-state index in [0.29, 0.717) is 48.8 Å². The fourth-order valence-corrected chi connectivity index (χ4v) is 7.87. The van der Waals surface area contributed by atoms with Crippen molar-refractivity contribution >= 4 is 22.8 Å². The molecule has 2 aromatic heterocycles. The van der Waals surface area contributed by atoms with Gasteiger partial charge in [-0.1, -0.05) is 24.8 Å². The van der Waals surface area contributed by atoms with Crippen LogP contribution in [0.15, 0.2) is 36.9 Å². The number of ether oxygens (including phenoxy) is 1. The van der Waals surface area contributed by atoms with Crippen molar-refractivity contribution in [3.8, 4) is 17.3 Å². The number of benzene rings is 1. The number of anilines is 1. The normalized spacial score (nSPS) is 21.1. The number of fused-ring (bicyclic) bond motifs is 3. The fourth-order valence-electron chi connectivity index (χ4n) is 7.87. The Bertz CT molecular complexity index is 1640. The Morgan fingerprint density at radius 3 is 2.73 bits per heavy atom. The molecule has 1 aromatic carbocycles. The summed E-state index contributed by atoms with van der Waals surface area (Å²) < 4.78 is 22.5. The summed E-state index contributed by atoms with van der Waals surface area (Å²) in [7, 11) is 0. The highest BCUT2D eigenvalue weighted by atomic mass is 19.1. The third-order valence-electron chi connectivity index (χ3n) is 10.1. The molecule has 0 spiro atoms. The molecular weight excluding hydrogens is 557 g/mol. The van der Waals surface area contributed by atoms with Crippen LogP contribution in [0.5, 0.6) is 6.01 Å². The van der Waals surface area contributed by atoms with E-state index in [2.05, 4.69) is 22.4 Å². The molecule has 5 heterocycles. The average Bonchev–Trinajstić information content (AvgIpc) is 3.64. The van der Waals surface area contributed by atoms with Crippen molar-refractivity contribution in [3.63, 3.8) is 0 Å². The molecule has 0 N–H and O–H groups in total. The molecule has 3 aliphatic heterocycles. The molecular formula is C34H38FN7O2. The predicted molar refractivity (Wildman–Crippen MR) is 167 cm³/mol. The van der Waals surface area contributed by atoms with Gasteiger partial charge in [-0.05, 0) is 87.7 Å². The van der Waals surface area contributed by atoms with Crippen LogP contribution in [-0.4, -0.2) is 88.1 Å². The molecule has 0 saturated carbocycles. The number of amides is 1. The average molecular weight is 596 g/mol. The first-order chi connectivity index (χ1) is 21.5. The largest absolute Gasteiger partial charge is 0.461 e. The van der Waals surface area contributed by atoms with Gasteiger partial charge in [-0.25, -0.2) is 15.9 Å². The molecule has 1 aliphatic carbocycles. The maximum Gasteiger partial charge on any atom is 0.320 e. The molecule has 1 amide bonds. The van der Waals surface area contributed by atoms with E-state index in [0.717, 1.165) is 70.0 Å². The van der Waals surface area contributed by atoms with Gasteiger partial charge in [0.1, 0.15) is 30.0 Å². The van der Waals surface area contributed by atoms with Crippen LogP contribution in [0.4, 0.5) is 10.2 Å². The Labute approximate surface area is 257 Å². The SMILES string of the molecule is [C-]#[N+]C[C@H]1CN(c2nc(OCC34CCCN3CCC4)nc3nc(-c4cccc5c4CCCC5)c(F)cc23)CCN1C(=O)C=C. The van der Waals surface area contributed by atoms with Gasteiger partial charge >= 0.3 is 6.01 Å². The molecule has 3 aromatic rings. The molecule has 3 saturated heterocycles. The molecule has 4 aliphatic rings. The van der Waals surface area contributed by atoms with E-state index in [1.807, 2.05) is 17.0 Å². The first kappa shape index (κ1) is 28.7. The molecule has 10 heteroatoms. The van der Waals surface area contributed by atoms with Crippen LogP contribution < -0.4 is 9.64 Å². The number of aromatic nitrogens is 3. The Kier molecular flexibility index (Phi) is 7.67. The van der Waals surface area contributed by atoms with Crippen molar-refractivity contribution < 1.29 is 13.9 Å². The summed E-state index contributed by atoms with van der Waals surface area (Å²) >= 11 is 0. The molecule has 7 rings (SSSR count). The summed E-state index contributed by atoms with van der Waals surface area (Å²) in [6.07, 6.45) is 9.92. The minimum Gasteiger partial charge on any atom is -0.461 e. The third kappa shape index (κ3) is 5.07. The van der Waals surface area contributed by atoms with Gasteiger partial charge < -0.3 is 19.4 Å². The lowest BCUT2D eigenvalue weighted by Crippen LogP contribution is -2.56. The molecule has 0 unspecified atom stereocenters. The van der Waals surface area contributed by atoms with Crippen molar-refractivity contribution in [1.82, 2.24) is 24.8 Å². The topological polar surface area (TPSA) is 79.1 Å². The van der Waals surface area contributed by atoms with E-state index in [1.54, 1.807) is 4.90 Å². The number of hydrogen-bond donors (Lipinski definition) is 0. The summed E-state index contributed by atoms with van der Waals surface area (Å²) in [5.41, 5.74) is 3.95. The number of aryl methyl sites for hydroxylation is 1. The number of halogens is 1. The van der Waals surface area contributed by atoms with Crippen LogP contribution in [0.25, 0.3) is 27.1 Å². The van der Waals surface area contributed by atoms with Gasteiger partial charge in [0.2, 0.25) is 12.5 Å². The van der Waals surface area contributed by atoms with Gasteiger partial charge in [-0.15, -0.1) is 0 Å². The van der Waals surface area contributed by atoms with E-state index < -0.39 is 5.82 Å². The second-order valence-corrected chi connectivity index (χ2v) is 12.6. The second kappa shape index (κ2) is 11.8. The van der Waals surface area contributed by atoms with Crippen molar-refractivity contribution in [2.24, 2.45) is 0 Å². The van der Waals surface area contributed by atoms with Crippen molar-refractivity contribution in [1.29, 1.82) is 0 Å². The number of nitrogens with zero attached hydrogens (tertiary/aromatic N) is 7. The van der Waals surface area contributed by atoms with Gasteiger partial charge in [0.05, 0.1) is 10.9 Å². The van der Waals surface area contributed by atoms with E-state index in [4.69, 9.17) is 26.3 Å². The summed E-state index contributed by atoms with van der Waals surface area (Å²) in [6.45, 7) is 15.2. The quantitative estimate of drug-likeness (QED) is 0.286. The van der Waals surface area contributed by atoms with E-state index >= 15 is 4.39 Å². The molecule has 9 nitrogen and oxygen atoms in total. The third-order valence-corrected chi connectivity index (χ3v) is 10.1. The molecule has 0 bridgehead atoms. The minimum atomic E-state index is -0.417. The summed E-state index contributed by atoms with van der Waals surface area (Å²) in [5.74, 6) is -0.0964. The molecule has 3 fully saturated rings. The van der Waals surface area contributed by atoms with Crippen LogP contribution >= 0.6 is 0 Å². The summed E-state index contributed by atoms with van der Waals surface area (Å²) in [4.78, 5) is 36.9. The van der Waals surface area contributed by atoms with E-state index in [-0.39, 0.29) is 30.0 Å². The van der Waals surface area contributed by atoms with Crippen molar-refractivity contribution in [2.45, 2.75) is 62.9 Å². The van der Waals surface area contributed by atoms with Gasteiger partial charge in [0, 0.05) is 25.2 Å². The molecule has 1 atom stereocenters. The molecule has 0 radical (unpaired) electrons. The monoisotopic (exact) mass is 595 g/mol. The first-order valence-electron chi connectivity index (χ1n) is 15.9. The Morgan fingerprint density at radius 1 is 1.11 bits per heavy atom. The van der Waals surface area contributed by atoms with E-state index in [9.17, 15) is 4.79 Å². The van der Waals surface area contributed by atoms with Crippen LogP contribution in [0.2, 0.25) is 0 Å². The number of pyridine rings is 1. The minimum absolute atomic E-state index is 0.0143. The molecule has 44 heavy (non-hydrogen) atoms. The number of carbonyl (C=O) groups excluding carboxylic acids is 1. The number of rotatable bonds is 7. The van der Waals surface area contributed by atoms with Crippen LogP contribution in [0.3, 0.4) is 0 Å². The van der Waals surface area contributed by atoms with Gasteiger partial charge in [0.15, 0.2) is 5.65 Å². The first-order valence-corrected chi connectivity index (χ1v) is 15.9. The van der Waals surface area contributed by atoms with E-state index in [1.165, 1.54) is 23.3 Å². The number of carbonyl (C=O) groups is 1. The maximum absolute atomic E-state index is 16.1. The number of piperazine rings is 1. The highest BCUT2D eigenvalue weighted by molar-refractivity contribution is 5.90. The highest BCUT2D eigenvalue weighted by Crippen LogP contribution is 2.40. The number of hydrogen-bond acceptors (Lipinski definition) is 7. The lowest BCUT2D eigenvalue weighted by atomic mass is 9.87. The van der Waals surface area contributed by atoms with Crippen molar-refractivity contribution in [2.75, 3.05) is 50.8 Å². The summed E-state index contributed by atoms with van der Waals surface area (Å²) in [5, 5.41) is 0.495. The lowest BCUT2D eigenvalue weighted by molar-refractivity contribution is -0.128. The van der Waals surface area contributed by atoms with Crippen LogP contribution in [0, 0.1) is 12.4 Å². The highest BCUT2D eigenvalue weighted by Gasteiger charge is 2.45. The predicted octanol–water partition coefficient (Wildman–Crippen LogP) is 4.84. The van der Waals surface area contributed by atoms with Crippen LogP contribution in [0.1, 0.15) is 49.7 Å². The summed E-state index contributed by atoms with van der Waals surface area (Å²) in [6, 6.07) is 7.46. The lowest BCUT2D eigenvalue weighted by Gasteiger charge is -2.39. The zero-order valence-electron chi connectivity index (χ0n) is 25.1. The Morgan fingerprint density at radius 2 is 1.93 bits per heavy atom. The second-order valence-electron chi connectivity index (χ2n) is 12.6. The maximum atomic E-state index is 16.1. The van der Waals surface area contributed by atoms with Gasteiger partial charge in [0.25, 0.3) is 0 Å². The Hall–Kier alpha value is -4.10. The zero-order chi connectivity index (χ0) is 30.3. The fraction of sp³-hybridized carbons (Fsp3) is 0.500. The standard InChI is InChI=1S/C34H38FN7O2/c1-3-29(43)42-18-17-40(21-24(42)20-36-2)32-27-19-28(35)30(26-12-6-10-23-9-4-5-11-25(23)26)37-31(27)38-33(39-32)44-22-34-13-7-15-41(34)16-8-14-34/h3,6,10,12,19,24H,1,4-5,7-9,11,13-18,20-22H2/t24-/m0/s1. The molecule has 228 valence electrons. The zero-order valence-corrected chi connectivity index (χ0v) is 25.1. The Balaban J connectivity index is 1.30. The van der Waals surface area contributed by atoms with Gasteiger partial charge in [-0.2, -0.15) is 9.97 Å². The van der Waals surface area contributed by atoms with Crippen LogP contribution in [-0.2, 0) is 17.6 Å². The smallest absolute Gasteiger partial charge is 0.320 e.